The first kappa shape index (κ1) is 29.2. The number of nitrogens with zero attached hydrogens (tertiary/aromatic N) is 3. The van der Waals surface area contributed by atoms with Crippen LogP contribution in [0.1, 0.15) is 68.6 Å². The number of hydrogen-bond acceptors (Lipinski definition) is 4. The molecule has 1 amide bonds. The predicted octanol–water partition coefficient (Wildman–Crippen LogP) is 9.23. The molecule has 5 nitrogen and oxygen atoms in total. The van der Waals surface area contributed by atoms with Crippen molar-refractivity contribution in [3.63, 3.8) is 0 Å². The maximum absolute atomic E-state index is 13.9. The van der Waals surface area contributed by atoms with E-state index < -0.39 is 0 Å². The molecule has 7 heteroatoms. The van der Waals surface area contributed by atoms with E-state index in [0.29, 0.717) is 34.8 Å². The van der Waals surface area contributed by atoms with Crippen LogP contribution >= 0.6 is 11.8 Å². The molecule has 222 valence electrons. The van der Waals surface area contributed by atoms with Crippen molar-refractivity contribution in [1.82, 2.24) is 9.47 Å². The Morgan fingerprint density at radius 1 is 1.05 bits per heavy atom. The van der Waals surface area contributed by atoms with Crippen molar-refractivity contribution in [3.05, 3.63) is 100 Å². The SMILES string of the molecule is Cc1ccc(C(C)C)c(OCCn2cc(/C=C3\SC(=Nc4ccc(F)cc4)N(C4CCCCC4)C3=O)c3ccccc32)c1. The zero-order valence-electron chi connectivity index (χ0n) is 25.1. The minimum Gasteiger partial charge on any atom is -0.491 e. The van der Waals surface area contributed by atoms with Gasteiger partial charge in [-0.3, -0.25) is 9.69 Å². The number of carbonyl (C=O) groups is 1. The van der Waals surface area contributed by atoms with Gasteiger partial charge in [-0.15, -0.1) is 0 Å². The lowest BCUT2D eigenvalue weighted by Crippen LogP contribution is -2.40. The third-order valence-electron chi connectivity index (χ3n) is 8.31. The number of thioether (sulfide) groups is 1. The van der Waals surface area contributed by atoms with Gasteiger partial charge in [0.15, 0.2) is 5.17 Å². The lowest BCUT2D eigenvalue weighted by atomic mass is 9.94. The summed E-state index contributed by atoms with van der Waals surface area (Å²) in [5.74, 6) is 1.02. The summed E-state index contributed by atoms with van der Waals surface area (Å²) in [4.78, 5) is 21.3. The number of hydrogen-bond donors (Lipinski definition) is 0. The summed E-state index contributed by atoms with van der Waals surface area (Å²) in [6.45, 7) is 7.68. The second-order valence-corrected chi connectivity index (χ2v) is 12.8. The average Bonchev–Trinajstić information content (AvgIpc) is 3.51. The van der Waals surface area contributed by atoms with Crippen LogP contribution < -0.4 is 4.74 Å². The Hall–Kier alpha value is -3.84. The zero-order valence-corrected chi connectivity index (χ0v) is 25.9. The Balaban J connectivity index is 1.29. The predicted molar refractivity (Wildman–Crippen MR) is 175 cm³/mol. The van der Waals surface area contributed by atoms with Gasteiger partial charge in [-0.2, -0.15) is 0 Å². The number of ether oxygens (including phenoxy) is 1. The first-order valence-electron chi connectivity index (χ1n) is 15.3. The Bertz CT molecular complexity index is 1680. The molecule has 0 bridgehead atoms. The van der Waals surface area contributed by atoms with Gasteiger partial charge in [-0.05, 0) is 91.0 Å². The van der Waals surface area contributed by atoms with Crippen LogP contribution in [-0.4, -0.2) is 33.2 Å². The van der Waals surface area contributed by atoms with Crippen LogP contribution in [0.4, 0.5) is 10.1 Å². The summed E-state index contributed by atoms with van der Waals surface area (Å²) in [7, 11) is 0. The number of para-hydroxylation sites is 1. The summed E-state index contributed by atoms with van der Waals surface area (Å²) >= 11 is 1.41. The van der Waals surface area contributed by atoms with E-state index >= 15 is 0 Å². The molecule has 1 aliphatic carbocycles. The molecule has 0 spiro atoms. The summed E-state index contributed by atoms with van der Waals surface area (Å²) in [5.41, 5.74) is 5.14. The Morgan fingerprint density at radius 2 is 1.81 bits per heavy atom. The number of amides is 1. The molecule has 6 rings (SSSR count). The summed E-state index contributed by atoms with van der Waals surface area (Å²) < 4.78 is 22.1. The van der Waals surface area contributed by atoms with Crippen LogP contribution in [0.3, 0.4) is 0 Å². The number of halogens is 1. The van der Waals surface area contributed by atoms with Crippen LogP contribution in [0.25, 0.3) is 17.0 Å². The van der Waals surface area contributed by atoms with Crippen molar-refractivity contribution in [2.75, 3.05) is 6.61 Å². The molecule has 1 aromatic heterocycles. The Labute approximate surface area is 257 Å². The van der Waals surface area contributed by atoms with E-state index in [-0.39, 0.29) is 17.8 Å². The first-order valence-corrected chi connectivity index (χ1v) is 16.1. The molecule has 4 aromatic rings. The molecule has 1 saturated carbocycles. The van der Waals surface area contributed by atoms with E-state index in [1.807, 2.05) is 23.1 Å². The summed E-state index contributed by atoms with van der Waals surface area (Å²) in [6, 6.07) is 21.0. The highest BCUT2D eigenvalue weighted by atomic mass is 32.2. The van der Waals surface area contributed by atoms with Gasteiger partial charge in [0.2, 0.25) is 0 Å². The fraction of sp³-hybridized carbons (Fsp3) is 0.333. The van der Waals surface area contributed by atoms with Gasteiger partial charge in [-0.25, -0.2) is 9.38 Å². The van der Waals surface area contributed by atoms with Crippen LogP contribution in [0, 0.1) is 12.7 Å². The maximum Gasteiger partial charge on any atom is 0.267 e. The maximum atomic E-state index is 13.9. The third-order valence-corrected chi connectivity index (χ3v) is 9.30. The quantitative estimate of drug-likeness (QED) is 0.191. The van der Waals surface area contributed by atoms with Crippen LogP contribution in [0.5, 0.6) is 5.75 Å². The summed E-state index contributed by atoms with van der Waals surface area (Å²) in [6.07, 6.45) is 9.49. The van der Waals surface area contributed by atoms with Crippen molar-refractivity contribution in [2.24, 2.45) is 4.99 Å². The minimum absolute atomic E-state index is 0.00131. The number of aromatic nitrogens is 1. The van der Waals surface area contributed by atoms with Crippen molar-refractivity contribution < 1.29 is 13.9 Å². The van der Waals surface area contributed by atoms with E-state index in [1.54, 1.807) is 12.1 Å². The van der Waals surface area contributed by atoms with Gasteiger partial charge < -0.3 is 9.30 Å². The van der Waals surface area contributed by atoms with Gasteiger partial charge >= 0.3 is 0 Å². The second-order valence-electron chi connectivity index (χ2n) is 11.8. The number of fused-ring (bicyclic) bond motifs is 1. The van der Waals surface area contributed by atoms with Crippen LogP contribution in [0.2, 0.25) is 0 Å². The molecule has 43 heavy (non-hydrogen) atoms. The standard InChI is InChI=1S/C36H38FN3O2S/c1-24(2)30-18-13-25(3)21-33(30)42-20-19-39-23-26(31-11-7-8-12-32(31)39)22-34-35(41)40(29-9-5-4-6-10-29)36(43-34)38-28-16-14-27(37)15-17-28/h7-8,11-18,21-24,29H,4-6,9-10,19-20H2,1-3H3/b34-22-,38-36?. The van der Waals surface area contributed by atoms with Gasteiger partial charge in [0.05, 0.1) is 17.1 Å². The Kier molecular flexibility index (Phi) is 8.70. The molecule has 3 aromatic carbocycles. The van der Waals surface area contributed by atoms with Crippen molar-refractivity contribution >= 4 is 45.5 Å². The smallest absolute Gasteiger partial charge is 0.267 e. The van der Waals surface area contributed by atoms with Crippen molar-refractivity contribution in [3.8, 4) is 5.75 Å². The van der Waals surface area contributed by atoms with Gasteiger partial charge in [0, 0.05) is 28.7 Å². The number of rotatable bonds is 8. The Morgan fingerprint density at radius 3 is 2.58 bits per heavy atom. The third kappa shape index (κ3) is 6.42. The molecule has 1 aliphatic heterocycles. The monoisotopic (exact) mass is 595 g/mol. The van der Waals surface area contributed by atoms with Gasteiger partial charge in [-0.1, -0.05) is 63.4 Å². The number of carbonyl (C=O) groups excluding carboxylic acids is 1. The molecule has 1 saturated heterocycles. The molecule has 0 radical (unpaired) electrons. The van der Waals surface area contributed by atoms with Gasteiger partial charge in [0.1, 0.15) is 18.2 Å². The van der Waals surface area contributed by atoms with Crippen molar-refractivity contribution in [1.29, 1.82) is 0 Å². The van der Waals surface area contributed by atoms with E-state index in [2.05, 4.69) is 61.9 Å². The number of aliphatic imine (C=N–C) groups is 1. The van der Waals surface area contributed by atoms with Crippen LogP contribution in [0.15, 0.2) is 82.8 Å². The molecule has 0 unspecified atom stereocenters. The van der Waals surface area contributed by atoms with Gasteiger partial charge in [0.25, 0.3) is 5.91 Å². The molecular formula is C36H38FN3O2S. The van der Waals surface area contributed by atoms with Crippen molar-refractivity contribution in [2.45, 2.75) is 71.4 Å². The molecule has 2 heterocycles. The lowest BCUT2D eigenvalue weighted by Gasteiger charge is -2.30. The van der Waals surface area contributed by atoms with E-state index in [9.17, 15) is 9.18 Å². The highest BCUT2D eigenvalue weighted by molar-refractivity contribution is 8.18. The minimum atomic E-state index is -0.301. The fourth-order valence-corrected chi connectivity index (χ4v) is 7.12. The molecule has 0 N–H and O–H groups in total. The number of amidine groups is 1. The second kappa shape index (κ2) is 12.8. The van der Waals surface area contributed by atoms with E-state index in [1.165, 1.54) is 41.4 Å². The van der Waals surface area contributed by atoms with Crippen LogP contribution in [-0.2, 0) is 11.3 Å². The topological polar surface area (TPSA) is 46.8 Å². The lowest BCUT2D eigenvalue weighted by molar-refractivity contribution is -0.124. The largest absolute Gasteiger partial charge is 0.491 e. The van der Waals surface area contributed by atoms with E-state index in [4.69, 9.17) is 9.73 Å². The normalized spacial score (nSPS) is 18.1. The number of benzene rings is 3. The fourth-order valence-electron chi connectivity index (χ4n) is 6.07. The summed E-state index contributed by atoms with van der Waals surface area (Å²) in [5, 5.41) is 1.76. The first-order chi connectivity index (χ1) is 20.9. The zero-order chi connectivity index (χ0) is 29.9. The highest BCUT2D eigenvalue weighted by Crippen LogP contribution is 2.39. The highest BCUT2D eigenvalue weighted by Gasteiger charge is 2.38. The molecular weight excluding hydrogens is 557 g/mol. The molecule has 2 fully saturated rings. The average molecular weight is 596 g/mol. The molecule has 2 aliphatic rings. The number of aryl methyl sites for hydroxylation is 1. The molecule has 0 atom stereocenters. The van der Waals surface area contributed by atoms with E-state index in [0.717, 1.165) is 47.9 Å².